The van der Waals surface area contributed by atoms with Gasteiger partial charge in [0, 0.05) is 0 Å². The minimum absolute atomic E-state index is 0.406. The summed E-state index contributed by atoms with van der Waals surface area (Å²) in [4.78, 5) is 15.7. The van der Waals surface area contributed by atoms with Crippen molar-refractivity contribution in [3.63, 3.8) is 0 Å². The fourth-order valence-corrected chi connectivity index (χ4v) is 6.74. The van der Waals surface area contributed by atoms with Crippen LogP contribution in [0.25, 0.3) is 0 Å². The second kappa shape index (κ2) is 21.0. The van der Waals surface area contributed by atoms with E-state index < -0.39 is 22.8 Å². The van der Waals surface area contributed by atoms with Crippen molar-refractivity contribution in [2.45, 2.75) is 102 Å². The van der Waals surface area contributed by atoms with Gasteiger partial charge < -0.3 is 9.79 Å². The molecule has 0 radical (unpaired) electrons. The van der Waals surface area contributed by atoms with Gasteiger partial charge >= 0.3 is 127 Å². The van der Waals surface area contributed by atoms with Gasteiger partial charge in [0.1, 0.15) is 0 Å². The molecule has 0 aliphatic rings. The molecule has 0 spiro atoms. The van der Waals surface area contributed by atoms with E-state index in [2.05, 4.69) is 61.3 Å². The number of hydrogen-bond donors (Lipinski definition) is 3. The van der Waals surface area contributed by atoms with Crippen LogP contribution in [0.4, 0.5) is 0 Å². The molecule has 0 saturated carbocycles. The molecule has 0 aliphatic heterocycles. The molecule has 0 aromatic heterocycles. The van der Waals surface area contributed by atoms with Gasteiger partial charge in [-0.3, -0.25) is 0 Å². The van der Waals surface area contributed by atoms with Crippen molar-refractivity contribution in [1.82, 2.24) is 0 Å². The zero-order valence-corrected chi connectivity index (χ0v) is 23.5. The summed E-state index contributed by atoms with van der Waals surface area (Å²) in [6.45, 7) is 2.30. The molecule has 2 N–H and O–H groups in total. The summed E-state index contributed by atoms with van der Waals surface area (Å²) in [5, 5.41) is 1.55. The second-order valence-electron chi connectivity index (χ2n) is 7.70. The van der Waals surface area contributed by atoms with Crippen LogP contribution in [-0.4, -0.2) is 9.79 Å². The number of rotatable bonds is 16. The average molecular weight is 498 g/mol. The Morgan fingerprint density at radius 1 is 0.750 bits per heavy atom. The van der Waals surface area contributed by atoms with E-state index in [9.17, 15) is 0 Å². The first kappa shape index (κ1) is 28.8. The predicted octanol–water partition coefficient (Wildman–Crippen LogP) is 7.42. The van der Waals surface area contributed by atoms with Crippen molar-refractivity contribution >= 4 is 33.9 Å². The fourth-order valence-electron chi connectivity index (χ4n) is 3.35. The average Bonchev–Trinajstić information content (AvgIpc) is 2.64. The van der Waals surface area contributed by atoms with Crippen LogP contribution in [0.1, 0.15) is 96.8 Å². The van der Waals surface area contributed by atoms with Crippen LogP contribution in [0.5, 0.6) is 0 Å². The zero-order valence-electron chi connectivity index (χ0n) is 17.9. The first-order chi connectivity index (χ1) is 13.4. The number of benzene rings is 1. The van der Waals surface area contributed by atoms with Crippen LogP contribution in [0, 0.1) is 0 Å². The molecule has 0 atom stereocenters. The topological polar surface area (TPSA) is 40.5 Å². The van der Waals surface area contributed by atoms with E-state index >= 15 is 0 Å². The Bertz CT molecular complexity index is 474. The van der Waals surface area contributed by atoms with Gasteiger partial charge in [0.15, 0.2) is 0 Å². The molecule has 0 bridgehead atoms. The Labute approximate surface area is 192 Å². The summed E-state index contributed by atoms with van der Waals surface area (Å²) < 4.78 is 1.69. The van der Waals surface area contributed by atoms with Gasteiger partial charge in [-0.2, -0.15) is 0 Å². The van der Waals surface area contributed by atoms with Crippen LogP contribution in [0.15, 0.2) is 30.3 Å². The zero-order chi connectivity index (χ0) is 20.9. The maximum absolute atomic E-state index is 7.87. The van der Waals surface area contributed by atoms with Gasteiger partial charge in [0.25, 0.3) is 0 Å². The molecule has 0 aliphatic carbocycles. The van der Waals surface area contributed by atoms with E-state index in [4.69, 9.17) is 9.79 Å². The molecule has 1 aromatic carbocycles. The van der Waals surface area contributed by atoms with E-state index in [0.717, 1.165) is 0 Å². The van der Waals surface area contributed by atoms with Crippen molar-refractivity contribution in [2.24, 2.45) is 0 Å². The molecule has 0 heterocycles. The van der Waals surface area contributed by atoms with Gasteiger partial charge in [-0.15, -0.1) is 0 Å². The minimum Gasteiger partial charge on any atom is -0.338 e. The smallest absolute Gasteiger partial charge is 0.239 e. The maximum Gasteiger partial charge on any atom is 0.239 e. The second-order valence-corrected chi connectivity index (χ2v) is 17.0. The molecule has 1 aromatic rings. The van der Waals surface area contributed by atoms with E-state index in [1.165, 1.54) is 89.9 Å². The van der Waals surface area contributed by atoms with Crippen LogP contribution < -0.4 is 4.16 Å². The molecule has 0 fully saturated rings. The molecule has 6 heteroatoms. The molecule has 0 saturated heterocycles. The van der Waals surface area contributed by atoms with Gasteiger partial charge in [-0.05, 0) is 11.8 Å². The summed E-state index contributed by atoms with van der Waals surface area (Å²) in [7, 11) is 0. The molecular weight excluding hydrogens is 457 g/mol. The molecule has 2 nitrogen and oxygen atoms in total. The van der Waals surface area contributed by atoms with Crippen LogP contribution >= 0.6 is 17.9 Å². The standard InChI is InChI=1S/C16H33.C6H5.H3O2PS2.Zn/c1-3-5-7-9-11-13-15-16-14-12-10-8-6-4-2;1-2-4-6-5-3-1;1-3(2,4)5;/h1,3-16H2,2H3;1-5H;(H3,1,2,4,5);. The normalized spacial score (nSPS) is 10.9. The molecular formula is C22H41O2PS2Zn. The van der Waals surface area contributed by atoms with E-state index in [0.29, 0.717) is 0 Å². The Morgan fingerprint density at radius 2 is 1.11 bits per heavy atom. The quantitative estimate of drug-likeness (QED) is 0.0962. The molecule has 0 unspecified atom stereocenters. The first-order valence-corrected chi connectivity index (χ1v) is 18.7. The first-order valence-electron chi connectivity index (χ1n) is 11.3. The van der Waals surface area contributed by atoms with Crippen molar-refractivity contribution < 1.29 is 26.9 Å². The SMILES string of the molecule is CCCCCCCCCCCCCCC[CH2][Zn][c]1ccccc1.OP(O)(=S)S. The third kappa shape index (κ3) is 26.8. The molecule has 0 amide bonds. The molecule has 160 valence electrons. The van der Waals surface area contributed by atoms with Crippen molar-refractivity contribution in [3.8, 4) is 0 Å². The summed E-state index contributed by atoms with van der Waals surface area (Å²) in [6, 6.07) is 11.2. The van der Waals surface area contributed by atoms with Crippen molar-refractivity contribution in [1.29, 1.82) is 0 Å². The Balaban J connectivity index is 0.00000129. The number of unbranched alkanes of at least 4 members (excludes halogenated alkanes) is 13. The van der Waals surface area contributed by atoms with Gasteiger partial charge in [0.2, 0.25) is 5.69 Å². The predicted molar refractivity (Wildman–Crippen MR) is 129 cm³/mol. The van der Waals surface area contributed by atoms with E-state index in [1.54, 1.807) is 9.17 Å². The fraction of sp³-hybridized carbons (Fsp3) is 0.727. The Hall–Kier alpha value is 0.763. The number of hydrogen-bond acceptors (Lipinski definition) is 1. The third-order valence-electron chi connectivity index (χ3n) is 4.91. The van der Waals surface area contributed by atoms with Crippen LogP contribution in [0.2, 0.25) is 5.02 Å². The maximum atomic E-state index is 7.87. The van der Waals surface area contributed by atoms with Gasteiger partial charge in [-0.25, -0.2) is 0 Å². The minimum atomic E-state index is -3.11. The van der Waals surface area contributed by atoms with Crippen LogP contribution in [0.3, 0.4) is 0 Å². The Morgan fingerprint density at radius 3 is 1.50 bits per heavy atom. The molecule has 28 heavy (non-hydrogen) atoms. The Kier molecular flexibility index (Phi) is 21.6. The summed E-state index contributed by atoms with van der Waals surface area (Å²) in [6.07, 6.45) is 20.6. The third-order valence-corrected chi connectivity index (χ3v) is 8.90. The summed E-state index contributed by atoms with van der Waals surface area (Å²) in [5.41, 5.74) is -3.11. The van der Waals surface area contributed by atoms with Crippen LogP contribution in [-0.2, 0) is 28.9 Å². The van der Waals surface area contributed by atoms with E-state index in [1.807, 2.05) is 0 Å². The van der Waals surface area contributed by atoms with Gasteiger partial charge in [-0.1, -0.05) is 38.4 Å². The van der Waals surface area contributed by atoms with Crippen molar-refractivity contribution in [3.05, 3.63) is 30.3 Å². The number of thiol groups is 1. The van der Waals surface area contributed by atoms with Crippen molar-refractivity contribution in [2.75, 3.05) is 0 Å². The summed E-state index contributed by atoms with van der Waals surface area (Å²) in [5.74, 6) is 0. The van der Waals surface area contributed by atoms with E-state index in [-0.39, 0.29) is 0 Å². The molecule has 1 rings (SSSR count). The largest absolute Gasteiger partial charge is 0.338 e. The van der Waals surface area contributed by atoms with Gasteiger partial charge in [0.05, 0.1) is 0 Å². The monoisotopic (exact) mass is 496 g/mol. The summed E-state index contributed by atoms with van der Waals surface area (Å²) >= 11 is 6.67.